The summed E-state index contributed by atoms with van der Waals surface area (Å²) >= 11 is 0. The van der Waals surface area contributed by atoms with Gasteiger partial charge in [0.1, 0.15) is 11.6 Å². The number of aryl methyl sites for hydroxylation is 1. The Morgan fingerprint density at radius 3 is 2.75 bits per heavy atom. The van der Waals surface area contributed by atoms with Crippen LogP contribution in [-0.4, -0.2) is 21.2 Å². The summed E-state index contributed by atoms with van der Waals surface area (Å²) in [5, 5.41) is 3.27. The van der Waals surface area contributed by atoms with Crippen molar-refractivity contribution in [3.63, 3.8) is 0 Å². The highest BCUT2D eigenvalue weighted by Gasteiger charge is 2.11. The van der Waals surface area contributed by atoms with Crippen molar-refractivity contribution in [1.29, 1.82) is 0 Å². The number of nitrogens with one attached hydrogen (secondary N) is 1. The Bertz CT molecular complexity index is 935. The predicted octanol–water partition coefficient (Wildman–Crippen LogP) is 3.66. The van der Waals surface area contributed by atoms with Crippen molar-refractivity contribution in [2.45, 2.75) is 13.5 Å². The molecular formula is C18H14FN5. The number of anilines is 2. The second-order valence-corrected chi connectivity index (χ2v) is 5.59. The molecule has 0 amide bonds. The molecule has 6 heteroatoms. The van der Waals surface area contributed by atoms with E-state index in [9.17, 15) is 4.39 Å². The fraction of sp³-hybridized carbons (Fsp3) is 0.111. The molecule has 0 fully saturated rings. The van der Waals surface area contributed by atoms with Gasteiger partial charge in [0, 0.05) is 29.1 Å². The molecule has 118 valence electrons. The highest BCUT2D eigenvalue weighted by Crippen LogP contribution is 2.23. The molecule has 0 spiro atoms. The number of halogens is 1. The monoisotopic (exact) mass is 319 g/mol. The van der Waals surface area contributed by atoms with Gasteiger partial charge in [0.25, 0.3) is 0 Å². The molecule has 3 heterocycles. The lowest BCUT2D eigenvalue weighted by atomic mass is 10.2. The fourth-order valence-electron chi connectivity index (χ4n) is 2.50. The molecule has 5 nitrogen and oxygen atoms in total. The van der Waals surface area contributed by atoms with Gasteiger partial charge < -0.3 is 5.32 Å². The van der Waals surface area contributed by atoms with Gasteiger partial charge in [-0.3, -0.25) is 9.98 Å². The minimum Gasteiger partial charge on any atom is -0.339 e. The highest BCUT2D eigenvalue weighted by atomic mass is 19.1. The van der Waals surface area contributed by atoms with Crippen LogP contribution in [0.5, 0.6) is 0 Å². The lowest BCUT2D eigenvalue weighted by Gasteiger charge is -2.10. The normalized spacial score (nSPS) is 12.2. The molecule has 0 saturated heterocycles. The molecule has 1 aromatic carbocycles. The van der Waals surface area contributed by atoms with Gasteiger partial charge in [-0.1, -0.05) is 0 Å². The van der Waals surface area contributed by atoms with Crippen LogP contribution in [0.1, 0.15) is 16.8 Å². The van der Waals surface area contributed by atoms with Gasteiger partial charge in [0.2, 0.25) is 0 Å². The topological polar surface area (TPSA) is 63.1 Å². The van der Waals surface area contributed by atoms with E-state index in [1.807, 2.05) is 19.2 Å². The average Bonchev–Trinajstić information content (AvgIpc) is 3.05. The first kappa shape index (κ1) is 14.4. The Morgan fingerprint density at radius 2 is 1.92 bits per heavy atom. The Labute approximate surface area is 138 Å². The summed E-state index contributed by atoms with van der Waals surface area (Å²) in [5.41, 5.74) is 4.51. The molecule has 0 radical (unpaired) electrons. The predicted molar refractivity (Wildman–Crippen MR) is 91.0 cm³/mol. The highest BCUT2D eigenvalue weighted by molar-refractivity contribution is 5.85. The van der Waals surface area contributed by atoms with Crippen LogP contribution in [0.25, 0.3) is 11.4 Å². The zero-order valence-electron chi connectivity index (χ0n) is 13.0. The number of rotatable bonds is 3. The maximum absolute atomic E-state index is 13.1. The third kappa shape index (κ3) is 2.74. The first-order valence-electron chi connectivity index (χ1n) is 7.54. The van der Waals surface area contributed by atoms with E-state index in [4.69, 9.17) is 0 Å². The molecule has 0 saturated carbocycles. The van der Waals surface area contributed by atoms with Crippen molar-refractivity contribution in [3.05, 3.63) is 65.4 Å². The van der Waals surface area contributed by atoms with Gasteiger partial charge in [0.15, 0.2) is 5.82 Å². The minimum atomic E-state index is -0.282. The molecule has 0 atom stereocenters. The van der Waals surface area contributed by atoms with Gasteiger partial charge in [0.05, 0.1) is 24.1 Å². The molecule has 4 rings (SSSR count). The maximum Gasteiger partial charge on any atom is 0.161 e. The van der Waals surface area contributed by atoms with Crippen molar-refractivity contribution in [1.82, 2.24) is 15.0 Å². The van der Waals surface area contributed by atoms with E-state index < -0.39 is 0 Å². The van der Waals surface area contributed by atoms with Crippen LogP contribution in [0.15, 0.2) is 47.7 Å². The van der Waals surface area contributed by atoms with Crippen LogP contribution in [0.4, 0.5) is 15.9 Å². The number of hydrogen-bond donors (Lipinski definition) is 1. The second kappa shape index (κ2) is 5.81. The van der Waals surface area contributed by atoms with Crippen LogP contribution in [-0.2, 0) is 6.54 Å². The van der Waals surface area contributed by atoms with E-state index in [2.05, 4.69) is 25.3 Å². The van der Waals surface area contributed by atoms with Gasteiger partial charge >= 0.3 is 0 Å². The van der Waals surface area contributed by atoms with Crippen LogP contribution >= 0.6 is 0 Å². The van der Waals surface area contributed by atoms with Gasteiger partial charge in [-0.25, -0.2) is 14.4 Å². The zero-order valence-corrected chi connectivity index (χ0v) is 13.0. The fourth-order valence-corrected chi connectivity index (χ4v) is 2.50. The lowest BCUT2D eigenvalue weighted by molar-refractivity contribution is 0.628. The molecule has 0 aliphatic carbocycles. The van der Waals surface area contributed by atoms with E-state index in [0.29, 0.717) is 18.2 Å². The van der Waals surface area contributed by atoms with E-state index in [-0.39, 0.29) is 5.82 Å². The SMILES string of the molecule is Cc1cnc(-c2ccc(F)cc2)nc1Nc1cnc2c(c1)C=NC2. The summed E-state index contributed by atoms with van der Waals surface area (Å²) in [6, 6.07) is 8.12. The standard InChI is InChI=1S/C18H14FN5/c1-11-7-22-18(12-2-4-14(19)5-3-12)24-17(11)23-15-6-13-8-20-10-16(13)21-9-15/h2-9H,10H2,1H3,(H,22,23,24). The summed E-state index contributed by atoms with van der Waals surface area (Å²) in [6.07, 6.45) is 5.34. The van der Waals surface area contributed by atoms with Crippen molar-refractivity contribution in [2.75, 3.05) is 5.32 Å². The molecule has 0 bridgehead atoms. The smallest absolute Gasteiger partial charge is 0.161 e. The van der Waals surface area contributed by atoms with Crippen LogP contribution in [0.3, 0.4) is 0 Å². The summed E-state index contributed by atoms with van der Waals surface area (Å²) < 4.78 is 13.1. The number of nitrogens with zero attached hydrogens (tertiary/aromatic N) is 4. The molecule has 1 aliphatic rings. The van der Waals surface area contributed by atoms with Crippen molar-refractivity contribution < 1.29 is 4.39 Å². The largest absolute Gasteiger partial charge is 0.339 e. The molecule has 3 aromatic rings. The molecule has 1 N–H and O–H groups in total. The third-order valence-electron chi connectivity index (χ3n) is 3.81. The summed E-state index contributed by atoms with van der Waals surface area (Å²) in [5.74, 6) is 0.954. The van der Waals surface area contributed by atoms with Crippen LogP contribution in [0.2, 0.25) is 0 Å². The first-order chi connectivity index (χ1) is 11.7. The molecular weight excluding hydrogens is 305 g/mol. The van der Waals surface area contributed by atoms with E-state index in [1.165, 1.54) is 12.1 Å². The number of benzene rings is 1. The molecule has 24 heavy (non-hydrogen) atoms. The first-order valence-corrected chi connectivity index (χ1v) is 7.54. The summed E-state index contributed by atoms with van der Waals surface area (Å²) in [7, 11) is 0. The maximum atomic E-state index is 13.1. The van der Waals surface area contributed by atoms with Crippen LogP contribution in [0, 0.1) is 12.7 Å². The Kier molecular flexibility index (Phi) is 3.49. The minimum absolute atomic E-state index is 0.282. The quantitative estimate of drug-likeness (QED) is 0.800. The van der Waals surface area contributed by atoms with E-state index >= 15 is 0 Å². The Morgan fingerprint density at radius 1 is 1.08 bits per heavy atom. The van der Waals surface area contributed by atoms with E-state index in [1.54, 1.807) is 24.5 Å². The lowest BCUT2D eigenvalue weighted by Crippen LogP contribution is -2.01. The van der Waals surface area contributed by atoms with Crippen molar-refractivity contribution >= 4 is 17.7 Å². The van der Waals surface area contributed by atoms with Crippen LogP contribution < -0.4 is 5.32 Å². The second-order valence-electron chi connectivity index (χ2n) is 5.59. The number of aromatic nitrogens is 3. The summed E-state index contributed by atoms with van der Waals surface area (Å²) in [6.45, 7) is 2.57. The molecule has 0 unspecified atom stereocenters. The number of aliphatic imine (C=N–C) groups is 1. The van der Waals surface area contributed by atoms with Gasteiger partial charge in [-0.2, -0.15) is 0 Å². The number of fused-ring (bicyclic) bond motifs is 1. The molecule has 2 aromatic heterocycles. The van der Waals surface area contributed by atoms with Gasteiger partial charge in [-0.05, 0) is 37.3 Å². The van der Waals surface area contributed by atoms with E-state index in [0.717, 1.165) is 28.1 Å². The average molecular weight is 319 g/mol. The van der Waals surface area contributed by atoms with Crippen molar-refractivity contribution in [2.24, 2.45) is 4.99 Å². The van der Waals surface area contributed by atoms with Gasteiger partial charge in [-0.15, -0.1) is 0 Å². The summed E-state index contributed by atoms with van der Waals surface area (Å²) in [4.78, 5) is 17.5. The van der Waals surface area contributed by atoms with Crippen molar-refractivity contribution in [3.8, 4) is 11.4 Å². The third-order valence-corrected chi connectivity index (χ3v) is 3.81. The Hall–Kier alpha value is -3.15. The Balaban J connectivity index is 1.66. The molecule has 1 aliphatic heterocycles. The number of pyridine rings is 1. The zero-order chi connectivity index (χ0) is 16.5. The number of hydrogen-bond acceptors (Lipinski definition) is 5.